The van der Waals surface area contributed by atoms with Crippen LogP contribution in [0.3, 0.4) is 0 Å². The average Bonchev–Trinajstić information content (AvgIpc) is 3.16. The zero-order chi connectivity index (χ0) is 38.0. The molecule has 0 unspecified atom stereocenters. The number of carbonyl (C=O) groups excluding carboxylic acids is 2. The Morgan fingerprint density at radius 3 is 1.22 bits per heavy atom. The van der Waals surface area contributed by atoms with E-state index in [4.69, 9.17) is 0 Å². The van der Waals surface area contributed by atoms with Gasteiger partial charge >= 0.3 is 45.5 Å². The number of allylic oxidation sites excluding steroid dienone is 2. The molecule has 6 aromatic carbocycles. The SMILES string of the molecule is O=C1C=Cc2ccccc2/C1=N\Nc1ccc2ccccc2c1S(=O)(=O)[O-].O=C1C=Cc2ccccc2/C1=N\Nc1ccc2ccccc2c1S(=O)(=O)[O-].[Sr+2]. The van der Waals surface area contributed by atoms with Gasteiger partial charge in [-0.2, -0.15) is 10.2 Å². The number of rotatable bonds is 6. The second-order valence-corrected chi connectivity index (χ2v) is 14.6. The van der Waals surface area contributed by atoms with Crippen LogP contribution in [0.15, 0.2) is 153 Å². The van der Waals surface area contributed by atoms with Crippen LogP contribution in [-0.2, 0) is 29.8 Å². The fourth-order valence-electron chi connectivity index (χ4n) is 6.13. The molecular formula is C40H26N4O8S2Sr. The molecule has 0 aromatic heterocycles. The summed E-state index contributed by atoms with van der Waals surface area (Å²) < 4.78 is 71.2. The van der Waals surface area contributed by atoms with Crippen molar-refractivity contribution >= 4 is 134 Å². The summed E-state index contributed by atoms with van der Waals surface area (Å²) in [4.78, 5) is 23.7. The molecule has 0 fully saturated rings. The van der Waals surface area contributed by atoms with Gasteiger partial charge in [0.15, 0.2) is 0 Å². The van der Waals surface area contributed by atoms with Gasteiger partial charge in [-0.3, -0.25) is 20.4 Å². The number of benzene rings is 6. The molecule has 0 aliphatic heterocycles. The average molecular weight is 842 g/mol. The second-order valence-electron chi connectivity index (χ2n) is 11.9. The van der Waals surface area contributed by atoms with Gasteiger partial charge < -0.3 is 9.11 Å². The van der Waals surface area contributed by atoms with E-state index in [9.17, 15) is 35.5 Å². The Balaban J connectivity index is 0.000000184. The Labute approximate surface area is 352 Å². The van der Waals surface area contributed by atoms with Crippen molar-refractivity contribution in [3.05, 3.63) is 156 Å². The van der Waals surface area contributed by atoms with E-state index in [1.165, 1.54) is 24.3 Å². The number of fused-ring (bicyclic) bond motifs is 4. The van der Waals surface area contributed by atoms with Gasteiger partial charge in [-0.25, -0.2) is 16.8 Å². The first-order valence-corrected chi connectivity index (χ1v) is 19.0. The number of hydrogen-bond donors (Lipinski definition) is 2. The maximum absolute atomic E-state index is 12.2. The zero-order valence-corrected chi connectivity index (χ0v) is 33.6. The van der Waals surface area contributed by atoms with Gasteiger partial charge in [-0.1, -0.05) is 121 Å². The van der Waals surface area contributed by atoms with Crippen molar-refractivity contribution in [1.82, 2.24) is 0 Å². The number of nitrogens with zero attached hydrogens (tertiary/aromatic N) is 2. The van der Waals surface area contributed by atoms with Crippen LogP contribution in [0.25, 0.3) is 33.7 Å². The summed E-state index contributed by atoms with van der Waals surface area (Å²) in [6.07, 6.45) is 6.18. The van der Waals surface area contributed by atoms with Crippen molar-refractivity contribution in [2.45, 2.75) is 9.79 Å². The van der Waals surface area contributed by atoms with E-state index in [2.05, 4.69) is 21.1 Å². The molecule has 0 saturated heterocycles. The molecule has 6 aromatic rings. The Kier molecular flexibility index (Phi) is 11.8. The van der Waals surface area contributed by atoms with Crippen LogP contribution in [0.5, 0.6) is 0 Å². The maximum Gasteiger partial charge on any atom is 2.00 e. The topological polar surface area (TPSA) is 197 Å². The Hall–Kier alpha value is -5.10. The number of hydrogen-bond acceptors (Lipinski definition) is 12. The van der Waals surface area contributed by atoms with Gasteiger partial charge in [-0.15, -0.1) is 0 Å². The van der Waals surface area contributed by atoms with E-state index in [0.29, 0.717) is 32.7 Å². The third-order valence-corrected chi connectivity index (χ3v) is 10.4. The fourth-order valence-corrected chi connectivity index (χ4v) is 7.81. The predicted molar refractivity (Wildman–Crippen MR) is 211 cm³/mol. The van der Waals surface area contributed by atoms with Crippen LogP contribution >= 0.6 is 0 Å². The van der Waals surface area contributed by atoms with Crippen LogP contribution in [0.1, 0.15) is 22.3 Å². The van der Waals surface area contributed by atoms with Crippen molar-refractivity contribution in [1.29, 1.82) is 0 Å². The number of nitrogens with one attached hydrogen (secondary N) is 2. The van der Waals surface area contributed by atoms with Crippen molar-refractivity contribution in [2.75, 3.05) is 10.9 Å². The van der Waals surface area contributed by atoms with Gasteiger partial charge in [-0.05, 0) is 46.2 Å². The van der Waals surface area contributed by atoms with Crippen molar-refractivity contribution < 1.29 is 35.5 Å². The minimum atomic E-state index is -4.77. The summed E-state index contributed by atoms with van der Waals surface area (Å²) in [6, 6.07) is 34.1. The maximum atomic E-state index is 12.2. The van der Waals surface area contributed by atoms with Gasteiger partial charge in [0.1, 0.15) is 31.7 Å². The monoisotopic (exact) mass is 842 g/mol. The summed E-state index contributed by atoms with van der Waals surface area (Å²) in [5, 5.41) is 10.1. The fraction of sp³-hybridized carbons (Fsp3) is 0. The molecule has 2 aliphatic rings. The molecule has 268 valence electrons. The first-order chi connectivity index (χ1) is 25.9. The van der Waals surface area contributed by atoms with Crippen LogP contribution < -0.4 is 10.9 Å². The molecule has 8 rings (SSSR count). The molecule has 0 atom stereocenters. The van der Waals surface area contributed by atoms with Gasteiger partial charge in [0.25, 0.3) is 0 Å². The molecular weight excluding hydrogens is 816 g/mol. The van der Waals surface area contributed by atoms with Crippen LogP contribution in [-0.4, -0.2) is 94.4 Å². The van der Waals surface area contributed by atoms with E-state index >= 15 is 0 Å². The van der Waals surface area contributed by atoms with E-state index in [1.54, 1.807) is 97.1 Å². The second kappa shape index (κ2) is 16.3. The zero-order valence-electron chi connectivity index (χ0n) is 28.5. The quantitative estimate of drug-likeness (QED) is 0.115. The number of anilines is 2. The third-order valence-electron chi connectivity index (χ3n) is 8.56. The standard InChI is InChI=1S/2C20H14N2O4S.Sr/c2*23-18-12-10-13-5-1-3-7-15(13)19(18)22-21-17-11-9-14-6-2-4-8-16(14)20(17)27(24,25)26;/h2*1-12,21H,(H,24,25,26);/q;;+2/p-2/b2*22-19+;. The van der Waals surface area contributed by atoms with Gasteiger partial charge in [0.05, 0.1) is 21.2 Å². The molecule has 55 heavy (non-hydrogen) atoms. The number of carbonyl (C=O) groups is 2. The number of ketones is 2. The van der Waals surface area contributed by atoms with E-state index in [1.807, 2.05) is 24.3 Å². The van der Waals surface area contributed by atoms with Gasteiger partial charge in [0, 0.05) is 21.9 Å². The smallest absolute Gasteiger partial charge is 0.744 e. The van der Waals surface area contributed by atoms with E-state index in [-0.39, 0.29) is 79.8 Å². The molecule has 2 N–H and O–H groups in total. The molecule has 12 nitrogen and oxygen atoms in total. The van der Waals surface area contributed by atoms with E-state index in [0.717, 1.165) is 11.1 Å². The largest absolute Gasteiger partial charge is 2.00 e. The summed E-state index contributed by atoms with van der Waals surface area (Å²) in [5.41, 5.74) is 8.47. The Morgan fingerprint density at radius 1 is 0.455 bits per heavy atom. The molecule has 0 radical (unpaired) electrons. The molecule has 15 heteroatoms. The van der Waals surface area contributed by atoms with Crippen LogP contribution in [0, 0.1) is 0 Å². The first kappa shape index (κ1) is 39.6. The summed E-state index contributed by atoms with van der Waals surface area (Å²) in [5.74, 6) is -0.623. The van der Waals surface area contributed by atoms with E-state index < -0.39 is 30.0 Å². The van der Waals surface area contributed by atoms with Crippen molar-refractivity contribution in [2.24, 2.45) is 10.2 Å². The minimum absolute atomic E-state index is 0. The molecule has 0 saturated carbocycles. The van der Waals surface area contributed by atoms with Crippen LogP contribution in [0.2, 0.25) is 0 Å². The van der Waals surface area contributed by atoms with Crippen molar-refractivity contribution in [3.63, 3.8) is 0 Å². The third kappa shape index (κ3) is 8.44. The Bertz CT molecular complexity index is 2690. The molecule has 0 spiro atoms. The normalized spacial score (nSPS) is 14.9. The minimum Gasteiger partial charge on any atom is -0.744 e. The molecule has 2 aliphatic carbocycles. The molecule has 0 amide bonds. The number of hydrazone groups is 2. The summed E-state index contributed by atoms with van der Waals surface area (Å²) in [7, 11) is -9.54. The van der Waals surface area contributed by atoms with Gasteiger partial charge in [0.2, 0.25) is 11.6 Å². The Morgan fingerprint density at radius 2 is 0.818 bits per heavy atom. The van der Waals surface area contributed by atoms with Crippen molar-refractivity contribution in [3.8, 4) is 0 Å². The predicted octanol–water partition coefficient (Wildman–Crippen LogP) is 5.93. The molecule has 0 heterocycles. The first-order valence-electron chi connectivity index (χ1n) is 16.2. The van der Waals surface area contributed by atoms with Crippen LogP contribution in [0.4, 0.5) is 11.4 Å². The molecule has 0 bridgehead atoms. The summed E-state index contributed by atoms with van der Waals surface area (Å²) >= 11 is 0. The summed E-state index contributed by atoms with van der Waals surface area (Å²) in [6.45, 7) is 0.